The largest absolute Gasteiger partial charge is 0.339 e. The van der Waals surface area contributed by atoms with Crippen LogP contribution >= 0.6 is 11.3 Å². The van der Waals surface area contributed by atoms with Gasteiger partial charge in [-0.25, -0.2) is 9.37 Å². The van der Waals surface area contributed by atoms with Crippen molar-refractivity contribution in [2.45, 2.75) is 25.8 Å². The Kier molecular flexibility index (Phi) is 4.73. The fourth-order valence-electron chi connectivity index (χ4n) is 3.06. The van der Waals surface area contributed by atoms with Crippen LogP contribution in [0.3, 0.4) is 0 Å². The molecule has 4 nitrogen and oxygen atoms in total. The highest BCUT2D eigenvalue weighted by Gasteiger charge is 2.31. The molecule has 3 rings (SSSR count). The number of likely N-dealkylation sites (tertiary alicyclic amines) is 1. The molecule has 1 fully saturated rings. The summed E-state index contributed by atoms with van der Waals surface area (Å²) in [6.45, 7) is 3.42. The van der Waals surface area contributed by atoms with Gasteiger partial charge >= 0.3 is 0 Å². The highest BCUT2D eigenvalue weighted by molar-refractivity contribution is 7.13. The van der Waals surface area contributed by atoms with Gasteiger partial charge < -0.3 is 10.6 Å². The molecule has 122 valence electrons. The number of hydrogen-bond acceptors (Lipinski definition) is 4. The molecule has 2 atom stereocenters. The van der Waals surface area contributed by atoms with Crippen molar-refractivity contribution in [2.24, 2.45) is 11.7 Å². The van der Waals surface area contributed by atoms with E-state index in [2.05, 4.69) is 11.9 Å². The van der Waals surface area contributed by atoms with Crippen LogP contribution in [-0.4, -0.2) is 34.9 Å². The molecule has 2 aromatic rings. The topological polar surface area (TPSA) is 59.2 Å². The van der Waals surface area contributed by atoms with Crippen LogP contribution in [-0.2, 0) is 11.2 Å². The van der Waals surface area contributed by atoms with E-state index in [1.54, 1.807) is 6.07 Å². The van der Waals surface area contributed by atoms with Gasteiger partial charge in [0.25, 0.3) is 0 Å². The second-order valence-electron chi connectivity index (χ2n) is 6.06. The van der Waals surface area contributed by atoms with Crippen LogP contribution < -0.4 is 5.73 Å². The zero-order chi connectivity index (χ0) is 16.4. The Morgan fingerprint density at radius 2 is 2.35 bits per heavy atom. The zero-order valence-corrected chi connectivity index (χ0v) is 13.9. The highest BCUT2D eigenvalue weighted by atomic mass is 32.1. The SMILES string of the molecule is CC1CC(CN)CN1C(=O)Cc1csc(-c2cccc(F)c2)n1. The van der Waals surface area contributed by atoms with Gasteiger partial charge in [0.2, 0.25) is 5.91 Å². The summed E-state index contributed by atoms with van der Waals surface area (Å²) in [6.07, 6.45) is 1.25. The number of rotatable bonds is 4. The first-order valence-corrected chi connectivity index (χ1v) is 8.64. The number of nitrogens with zero attached hydrogens (tertiary/aromatic N) is 2. The van der Waals surface area contributed by atoms with E-state index in [9.17, 15) is 9.18 Å². The fourth-order valence-corrected chi connectivity index (χ4v) is 3.88. The maximum Gasteiger partial charge on any atom is 0.228 e. The lowest BCUT2D eigenvalue weighted by atomic mass is 10.1. The summed E-state index contributed by atoms with van der Waals surface area (Å²) in [5, 5.41) is 2.61. The van der Waals surface area contributed by atoms with Crippen molar-refractivity contribution >= 4 is 17.2 Å². The summed E-state index contributed by atoms with van der Waals surface area (Å²) in [5.41, 5.74) is 7.19. The van der Waals surface area contributed by atoms with E-state index in [0.29, 0.717) is 12.5 Å². The molecule has 0 saturated carbocycles. The number of thiazole rings is 1. The van der Waals surface area contributed by atoms with Crippen LogP contribution in [0.4, 0.5) is 4.39 Å². The molecule has 0 spiro atoms. The summed E-state index contributed by atoms with van der Waals surface area (Å²) in [6, 6.07) is 6.58. The fraction of sp³-hybridized carbons (Fsp3) is 0.412. The Labute approximate surface area is 139 Å². The van der Waals surface area contributed by atoms with Crippen LogP contribution in [0.2, 0.25) is 0 Å². The van der Waals surface area contributed by atoms with Crippen molar-refractivity contribution in [1.29, 1.82) is 0 Å². The predicted molar refractivity (Wildman–Crippen MR) is 89.5 cm³/mol. The van der Waals surface area contributed by atoms with E-state index in [1.807, 2.05) is 16.3 Å². The van der Waals surface area contributed by atoms with Crippen molar-refractivity contribution in [1.82, 2.24) is 9.88 Å². The van der Waals surface area contributed by atoms with E-state index in [1.165, 1.54) is 23.5 Å². The number of hydrogen-bond donors (Lipinski definition) is 1. The molecule has 1 aromatic carbocycles. The minimum absolute atomic E-state index is 0.0875. The Balaban J connectivity index is 1.68. The average Bonchev–Trinajstić information content (AvgIpc) is 3.13. The monoisotopic (exact) mass is 333 g/mol. The number of aromatic nitrogens is 1. The van der Waals surface area contributed by atoms with Gasteiger partial charge in [-0.05, 0) is 37.9 Å². The normalized spacial score (nSPS) is 20.9. The van der Waals surface area contributed by atoms with E-state index in [4.69, 9.17) is 5.73 Å². The van der Waals surface area contributed by atoms with Crippen LogP contribution in [0.1, 0.15) is 19.0 Å². The first-order chi connectivity index (χ1) is 11.1. The van der Waals surface area contributed by atoms with Crippen LogP contribution in [0.15, 0.2) is 29.6 Å². The maximum absolute atomic E-state index is 13.3. The molecule has 0 radical (unpaired) electrons. The van der Waals surface area contributed by atoms with Gasteiger partial charge in [0, 0.05) is 23.5 Å². The van der Waals surface area contributed by atoms with Gasteiger partial charge in [-0.2, -0.15) is 0 Å². The van der Waals surface area contributed by atoms with Crippen molar-refractivity contribution < 1.29 is 9.18 Å². The quantitative estimate of drug-likeness (QED) is 0.936. The third kappa shape index (κ3) is 3.59. The highest BCUT2D eigenvalue weighted by Crippen LogP contribution is 2.26. The van der Waals surface area contributed by atoms with Crippen LogP contribution in [0.25, 0.3) is 10.6 Å². The Hall–Kier alpha value is -1.79. The first kappa shape index (κ1) is 16.1. The van der Waals surface area contributed by atoms with Gasteiger partial charge in [-0.3, -0.25) is 4.79 Å². The molecule has 6 heteroatoms. The van der Waals surface area contributed by atoms with Gasteiger partial charge in [0.05, 0.1) is 12.1 Å². The molecule has 1 aromatic heterocycles. The molecular weight excluding hydrogens is 313 g/mol. The Morgan fingerprint density at radius 3 is 3.04 bits per heavy atom. The molecule has 0 bridgehead atoms. The number of amides is 1. The smallest absolute Gasteiger partial charge is 0.228 e. The molecule has 2 N–H and O–H groups in total. The van der Waals surface area contributed by atoms with Crippen LogP contribution in [0, 0.1) is 11.7 Å². The van der Waals surface area contributed by atoms with Crippen molar-refractivity contribution in [3.05, 3.63) is 41.2 Å². The van der Waals surface area contributed by atoms with E-state index >= 15 is 0 Å². The number of carbonyl (C=O) groups excluding carboxylic acids is 1. The molecular formula is C17H20FN3OS. The molecule has 2 unspecified atom stereocenters. The predicted octanol–water partition coefficient (Wildman–Crippen LogP) is 2.69. The summed E-state index contributed by atoms with van der Waals surface area (Å²) in [4.78, 5) is 18.9. The average molecular weight is 333 g/mol. The third-order valence-electron chi connectivity index (χ3n) is 4.27. The number of nitrogens with two attached hydrogens (primary N) is 1. The zero-order valence-electron chi connectivity index (χ0n) is 13.0. The number of halogens is 1. The van der Waals surface area contributed by atoms with Crippen molar-refractivity contribution in [2.75, 3.05) is 13.1 Å². The maximum atomic E-state index is 13.3. The van der Waals surface area contributed by atoms with E-state index < -0.39 is 0 Å². The van der Waals surface area contributed by atoms with Crippen LogP contribution in [0.5, 0.6) is 0 Å². The molecule has 1 aliphatic rings. The summed E-state index contributed by atoms with van der Waals surface area (Å²) in [7, 11) is 0. The van der Waals surface area contributed by atoms with Gasteiger partial charge in [0.15, 0.2) is 0 Å². The molecule has 1 saturated heterocycles. The lowest BCUT2D eigenvalue weighted by Gasteiger charge is -2.21. The first-order valence-electron chi connectivity index (χ1n) is 7.76. The minimum atomic E-state index is -0.283. The second kappa shape index (κ2) is 6.76. The lowest BCUT2D eigenvalue weighted by Crippen LogP contribution is -2.35. The summed E-state index contributed by atoms with van der Waals surface area (Å²) in [5.74, 6) is 0.200. The second-order valence-corrected chi connectivity index (χ2v) is 6.92. The Morgan fingerprint density at radius 1 is 1.52 bits per heavy atom. The number of carbonyl (C=O) groups is 1. The molecule has 1 amide bonds. The molecule has 0 aliphatic carbocycles. The lowest BCUT2D eigenvalue weighted by molar-refractivity contribution is -0.131. The van der Waals surface area contributed by atoms with Crippen molar-refractivity contribution in [3.8, 4) is 10.6 Å². The van der Waals surface area contributed by atoms with Crippen molar-refractivity contribution in [3.63, 3.8) is 0 Å². The van der Waals surface area contributed by atoms with E-state index in [-0.39, 0.29) is 24.2 Å². The Bertz CT molecular complexity index is 703. The standard InChI is InChI=1S/C17H20FN3OS/c1-11-5-12(8-19)9-21(11)16(22)7-15-10-23-17(20-15)13-3-2-4-14(18)6-13/h2-4,6,10-12H,5,7-9,19H2,1H3. The third-order valence-corrected chi connectivity index (χ3v) is 5.21. The van der Waals surface area contributed by atoms with Gasteiger partial charge in [-0.15, -0.1) is 11.3 Å². The molecule has 2 heterocycles. The summed E-state index contributed by atoms with van der Waals surface area (Å²) < 4.78 is 13.3. The van der Waals surface area contributed by atoms with Gasteiger partial charge in [-0.1, -0.05) is 12.1 Å². The summed E-state index contributed by atoms with van der Waals surface area (Å²) >= 11 is 1.43. The minimum Gasteiger partial charge on any atom is -0.339 e. The number of benzene rings is 1. The van der Waals surface area contributed by atoms with Gasteiger partial charge in [0.1, 0.15) is 10.8 Å². The molecule has 1 aliphatic heterocycles. The molecule has 23 heavy (non-hydrogen) atoms. The van der Waals surface area contributed by atoms with E-state index in [0.717, 1.165) is 29.2 Å².